The van der Waals surface area contributed by atoms with Crippen LogP contribution in [0.25, 0.3) is 0 Å². The molecule has 1 aromatic rings. The SMILES string of the molecule is CCOC(=O)C1(NC(=O)c2ccccc2)CC(C)(C)N(C(C)OC(=O)C2CCCCC2)C(C)(C)C1. The van der Waals surface area contributed by atoms with Gasteiger partial charge in [-0.1, -0.05) is 37.5 Å². The molecular weight excluding hydrogens is 444 g/mol. The summed E-state index contributed by atoms with van der Waals surface area (Å²) in [6.45, 7) is 12.0. The van der Waals surface area contributed by atoms with Crippen molar-refractivity contribution in [2.24, 2.45) is 5.92 Å². The Hall–Kier alpha value is -2.41. The van der Waals surface area contributed by atoms with Crippen LogP contribution >= 0.6 is 0 Å². The lowest BCUT2D eigenvalue weighted by atomic mass is 9.68. The fourth-order valence-electron chi connectivity index (χ4n) is 6.60. The van der Waals surface area contributed by atoms with Crippen molar-refractivity contribution in [3.05, 3.63) is 35.9 Å². The largest absolute Gasteiger partial charge is 0.464 e. The lowest BCUT2D eigenvalue weighted by molar-refractivity contribution is -0.197. The summed E-state index contributed by atoms with van der Waals surface area (Å²) in [4.78, 5) is 41.7. The second kappa shape index (κ2) is 10.7. The molecule has 2 fully saturated rings. The number of rotatable bonds is 7. The molecule has 7 heteroatoms. The predicted molar refractivity (Wildman–Crippen MR) is 135 cm³/mol. The molecule has 194 valence electrons. The van der Waals surface area contributed by atoms with Crippen molar-refractivity contribution in [1.29, 1.82) is 0 Å². The average molecular weight is 487 g/mol. The van der Waals surface area contributed by atoms with Gasteiger partial charge in [-0.05, 0) is 79.4 Å². The van der Waals surface area contributed by atoms with E-state index in [0.717, 1.165) is 25.7 Å². The van der Waals surface area contributed by atoms with E-state index < -0.39 is 28.8 Å². The first-order valence-electron chi connectivity index (χ1n) is 13.0. The minimum Gasteiger partial charge on any atom is -0.464 e. The number of piperidine rings is 1. The zero-order chi connectivity index (χ0) is 25.9. The number of esters is 2. The Morgan fingerprint density at radius 1 is 1.00 bits per heavy atom. The third-order valence-corrected chi connectivity index (χ3v) is 7.42. The van der Waals surface area contributed by atoms with Gasteiger partial charge < -0.3 is 14.8 Å². The van der Waals surface area contributed by atoms with Crippen LogP contribution in [0.5, 0.6) is 0 Å². The summed E-state index contributed by atoms with van der Waals surface area (Å²) in [5.74, 6) is -0.915. The molecule has 1 unspecified atom stereocenters. The first kappa shape index (κ1) is 27.2. The molecule has 1 aromatic carbocycles. The molecule has 7 nitrogen and oxygen atoms in total. The number of likely N-dealkylation sites (tertiary alicyclic amines) is 1. The van der Waals surface area contributed by atoms with E-state index in [4.69, 9.17) is 9.47 Å². The Balaban J connectivity index is 1.87. The third kappa shape index (κ3) is 6.05. The van der Waals surface area contributed by atoms with Gasteiger partial charge in [-0.3, -0.25) is 14.5 Å². The molecule has 1 atom stereocenters. The summed E-state index contributed by atoms with van der Waals surface area (Å²) in [7, 11) is 0. The van der Waals surface area contributed by atoms with Crippen LogP contribution in [0.2, 0.25) is 0 Å². The van der Waals surface area contributed by atoms with Crippen LogP contribution in [0.4, 0.5) is 0 Å². The van der Waals surface area contributed by atoms with Gasteiger partial charge in [0.05, 0.1) is 12.5 Å². The zero-order valence-corrected chi connectivity index (χ0v) is 22.2. The maximum atomic E-state index is 13.4. The molecule has 1 heterocycles. The van der Waals surface area contributed by atoms with Gasteiger partial charge in [-0.25, -0.2) is 4.79 Å². The first-order valence-corrected chi connectivity index (χ1v) is 13.0. The number of carbonyl (C=O) groups is 3. The first-order chi connectivity index (χ1) is 16.4. The van der Waals surface area contributed by atoms with Gasteiger partial charge in [0.2, 0.25) is 0 Å². The maximum absolute atomic E-state index is 13.4. The Kier molecular flexibility index (Phi) is 8.30. The summed E-state index contributed by atoms with van der Waals surface area (Å²) in [5.41, 5.74) is -1.88. The molecule has 1 saturated carbocycles. The van der Waals surface area contributed by atoms with Crippen LogP contribution in [0.1, 0.15) is 96.8 Å². The number of carbonyl (C=O) groups excluding carboxylic acids is 3. The molecule has 1 amide bonds. The molecular formula is C28H42N2O5. The van der Waals surface area contributed by atoms with Crippen molar-refractivity contribution in [3.63, 3.8) is 0 Å². The van der Waals surface area contributed by atoms with Gasteiger partial charge in [0.1, 0.15) is 5.54 Å². The molecule has 1 N–H and O–H groups in total. The van der Waals surface area contributed by atoms with Gasteiger partial charge in [0.25, 0.3) is 5.91 Å². The van der Waals surface area contributed by atoms with Gasteiger partial charge in [0, 0.05) is 16.6 Å². The number of ether oxygens (including phenoxy) is 2. The highest BCUT2D eigenvalue weighted by atomic mass is 16.6. The second-order valence-corrected chi connectivity index (χ2v) is 11.3. The van der Waals surface area contributed by atoms with Crippen LogP contribution in [-0.2, 0) is 19.1 Å². The molecule has 1 saturated heterocycles. The van der Waals surface area contributed by atoms with E-state index in [2.05, 4.69) is 10.2 Å². The maximum Gasteiger partial charge on any atom is 0.331 e. The fourth-order valence-corrected chi connectivity index (χ4v) is 6.60. The van der Waals surface area contributed by atoms with E-state index >= 15 is 0 Å². The van der Waals surface area contributed by atoms with Crippen molar-refractivity contribution in [3.8, 4) is 0 Å². The van der Waals surface area contributed by atoms with E-state index in [1.807, 2.05) is 40.7 Å². The Morgan fingerprint density at radius 2 is 1.57 bits per heavy atom. The quantitative estimate of drug-likeness (QED) is 0.555. The standard InChI is InChI=1S/C28H42N2O5/c1-7-34-25(33)28(29-23(31)21-14-10-8-11-15-21)18-26(3,4)30(27(5,6)19-28)20(2)35-24(32)22-16-12-9-13-17-22/h8,10-11,14-15,20,22H,7,9,12-13,16-19H2,1-6H3,(H,29,31). The van der Waals surface area contributed by atoms with E-state index in [-0.39, 0.29) is 24.4 Å². The van der Waals surface area contributed by atoms with Crippen LogP contribution in [-0.4, -0.2) is 52.2 Å². The summed E-state index contributed by atoms with van der Waals surface area (Å²) < 4.78 is 11.5. The van der Waals surface area contributed by atoms with Crippen LogP contribution < -0.4 is 5.32 Å². The number of benzene rings is 1. The normalized spacial score (nSPS) is 22.6. The molecule has 0 radical (unpaired) electrons. The van der Waals surface area contributed by atoms with Crippen molar-refractivity contribution >= 4 is 17.8 Å². The third-order valence-electron chi connectivity index (χ3n) is 7.42. The minimum atomic E-state index is -1.21. The molecule has 0 aromatic heterocycles. The highest BCUT2D eigenvalue weighted by Crippen LogP contribution is 2.46. The average Bonchev–Trinajstić information content (AvgIpc) is 2.78. The number of hydrogen-bond donors (Lipinski definition) is 1. The van der Waals surface area contributed by atoms with Crippen LogP contribution in [0.3, 0.4) is 0 Å². The fraction of sp³-hybridized carbons (Fsp3) is 0.679. The number of nitrogens with zero attached hydrogens (tertiary/aromatic N) is 1. The molecule has 1 aliphatic carbocycles. The Labute approximate surface area is 209 Å². The van der Waals surface area contributed by atoms with Crippen LogP contribution in [0.15, 0.2) is 30.3 Å². The van der Waals surface area contributed by atoms with Crippen molar-refractivity contribution < 1.29 is 23.9 Å². The zero-order valence-electron chi connectivity index (χ0n) is 22.2. The lowest BCUT2D eigenvalue weighted by Crippen LogP contribution is -2.73. The molecule has 0 spiro atoms. The highest BCUT2D eigenvalue weighted by molar-refractivity contribution is 5.98. The van der Waals surface area contributed by atoms with Crippen molar-refractivity contribution in [1.82, 2.24) is 10.2 Å². The monoisotopic (exact) mass is 486 g/mol. The summed E-state index contributed by atoms with van der Waals surface area (Å²) in [5, 5.41) is 3.05. The number of nitrogens with one attached hydrogen (secondary N) is 1. The molecule has 2 aliphatic rings. The van der Waals surface area contributed by atoms with Gasteiger partial charge in [-0.15, -0.1) is 0 Å². The van der Waals surface area contributed by atoms with Gasteiger partial charge in [-0.2, -0.15) is 0 Å². The van der Waals surface area contributed by atoms with Crippen molar-refractivity contribution in [2.75, 3.05) is 6.61 Å². The second-order valence-electron chi connectivity index (χ2n) is 11.3. The number of amides is 1. The smallest absolute Gasteiger partial charge is 0.331 e. The van der Waals surface area contributed by atoms with E-state index in [1.54, 1.807) is 31.2 Å². The van der Waals surface area contributed by atoms with Gasteiger partial charge >= 0.3 is 11.9 Å². The minimum absolute atomic E-state index is 0.0361. The molecule has 1 aliphatic heterocycles. The van der Waals surface area contributed by atoms with E-state index in [1.165, 1.54) is 6.42 Å². The van der Waals surface area contributed by atoms with Crippen LogP contribution in [0, 0.1) is 5.92 Å². The van der Waals surface area contributed by atoms with Gasteiger partial charge in [0.15, 0.2) is 6.23 Å². The summed E-state index contributed by atoms with van der Waals surface area (Å²) >= 11 is 0. The highest BCUT2D eigenvalue weighted by Gasteiger charge is 2.58. The summed E-state index contributed by atoms with van der Waals surface area (Å²) in [6.07, 6.45) is 5.26. The topological polar surface area (TPSA) is 84.9 Å². The number of hydrogen-bond acceptors (Lipinski definition) is 6. The molecule has 3 rings (SSSR count). The summed E-state index contributed by atoms with van der Waals surface area (Å²) in [6, 6.07) is 8.90. The van der Waals surface area contributed by atoms with Crippen molar-refractivity contribution in [2.45, 2.75) is 109 Å². The molecule has 35 heavy (non-hydrogen) atoms. The predicted octanol–water partition coefficient (Wildman–Crippen LogP) is 4.84. The lowest BCUT2D eigenvalue weighted by Gasteiger charge is -2.59. The Bertz CT molecular complexity index is 887. The van der Waals surface area contributed by atoms with E-state index in [9.17, 15) is 14.4 Å². The molecule has 0 bridgehead atoms. The Morgan fingerprint density at radius 3 is 2.11 bits per heavy atom. The van der Waals surface area contributed by atoms with E-state index in [0.29, 0.717) is 18.4 Å².